The fourth-order valence-electron chi connectivity index (χ4n) is 3.25. The molecule has 0 aliphatic carbocycles. The van der Waals surface area contributed by atoms with E-state index in [-0.39, 0.29) is 0 Å². The molecule has 0 saturated carbocycles. The minimum Gasteiger partial charge on any atom is -0.355 e. The molecule has 1 heterocycles. The highest BCUT2D eigenvalue weighted by molar-refractivity contribution is 7.85. The van der Waals surface area contributed by atoms with Crippen molar-refractivity contribution in [2.24, 2.45) is 4.99 Å². The van der Waals surface area contributed by atoms with Crippen LogP contribution in [0.2, 0.25) is 0 Å². The molecule has 0 bridgehead atoms. The Morgan fingerprint density at radius 1 is 1.33 bits per heavy atom. The van der Waals surface area contributed by atoms with Gasteiger partial charge in [-0.1, -0.05) is 32.0 Å². The molecule has 2 atom stereocenters. The number of nitrogens with one attached hydrogen (secondary N) is 1. The maximum absolute atomic E-state index is 12.3. The summed E-state index contributed by atoms with van der Waals surface area (Å²) < 4.78 is 12.3. The first-order valence-electron chi connectivity index (χ1n) is 8.82. The number of likely N-dealkylation sites (N-methyl/N-ethyl adjacent to an activating group) is 1. The number of nitrogens with zero attached hydrogens (tertiary/aromatic N) is 3. The van der Waals surface area contributed by atoms with Gasteiger partial charge in [-0.3, -0.25) is 14.1 Å². The summed E-state index contributed by atoms with van der Waals surface area (Å²) in [4.78, 5) is 10.1. The van der Waals surface area contributed by atoms with Gasteiger partial charge in [0.1, 0.15) is 0 Å². The summed E-state index contributed by atoms with van der Waals surface area (Å²) in [7, 11) is 0.856. The van der Waals surface area contributed by atoms with E-state index >= 15 is 0 Å². The summed E-state index contributed by atoms with van der Waals surface area (Å²) in [5.41, 5.74) is 0. The third-order valence-corrected chi connectivity index (χ3v) is 5.95. The second kappa shape index (κ2) is 9.79. The van der Waals surface area contributed by atoms with Crippen LogP contribution in [0.1, 0.15) is 20.3 Å². The highest BCUT2D eigenvalue weighted by Gasteiger charge is 2.27. The monoisotopic (exact) mass is 350 g/mol. The fourth-order valence-corrected chi connectivity index (χ4v) is 4.23. The van der Waals surface area contributed by atoms with Crippen LogP contribution >= 0.6 is 0 Å². The lowest BCUT2D eigenvalue weighted by Crippen LogP contribution is -2.44. The molecule has 1 aliphatic rings. The van der Waals surface area contributed by atoms with E-state index < -0.39 is 10.8 Å². The summed E-state index contributed by atoms with van der Waals surface area (Å²) in [6.07, 6.45) is 1.18. The molecular formula is C18H30N4OS. The maximum Gasteiger partial charge on any atom is 0.193 e. The Kier molecular flexibility index (Phi) is 7.72. The Labute approximate surface area is 148 Å². The molecule has 0 spiro atoms. The minimum atomic E-state index is -0.965. The van der Waals surface area contributed by atoms with Crippen molar-refractivity contribution in [3.63, 3.8) is 0 Å². The predicted molar refractivity (Wildman–Crippen MR) is 102 cm³/mol. The van der Waals surface area contributed by atoms with E-state index in [0.717, 1.165) is 37.0 Å². The molecule has 2 rings (SSSR count). The molecule has 24 heavy (non-hydrogen) atoms. The van der Waals surface area contributed by atoms with Crippen LogP contribution in [0.5, 0.6) is 0 Å². The number of rotatable bonds is 7. The number of benzene rings is 1. The van der Waals surface area contributed by atoms with Gasteiger partial charge >= 0.3 is 0 Å². The number of likely N-dealkylation sites (tertiary alicyclic amines) is 1. The van der Waals surface area contributed by atoms with Gasteiger partial charge < -0.3 is 10.2 Å². The Morgan fingerprint density at radius 3 is 2.67 bits per heavy atom. The summed E-state index contributed by atoms with van der Waals surface area (Å²) >= 11 is 0. The summed E-state index contributed by atoms with van der Waals surface area (Å²) in [5.74, 6) is 1.52. The lowest BCUT2D eigenvalue weighted by atomic mass is 10.2. The quantitative estimate of drug-likeness (QED) is 0.602. The molecule has 1 aromatic rings. The van der Waals surface area contributed by atoms with Crippen molar-refractivity contribution in [2.75, 3.05) is 45.5 Å². The second-order valence-electron chi connectivity index (χ2n) is 5.95. The fraction of sp³-hybridized carbons (Fsp3) is 0.611. The highest BCUT2D eigenvalue weighted by Crippen LogP contribution is 2.15. The van der Waals surface area contributed by atoms with Gasteiger partial charge in [0, 0.05) is 43.4 Å². The molecule has 1 N–H and O–H groups in total. The maximum atomic E-state index is 12.3. The van der Waals surface area contributed by atoms with Crippen LogP contribution in [-0.2, 0) is 10.8 Å². The zero-order valence-corrected chi connectivity index (χ0v) is 15.9. The smallest absolute Gasteiger partial charge is 0.193 e. The van der Waals surface area contributed by atoms with Crippen molar-refractivity contribution in [1.82, 2.24) is 15.1 Å². The number of guanidine groups is 1. The lowest BCUT2D eigenvalue weighted by Gasteiger charge is -2.27. The van der Waals surface area contributed by atoms with Crippen LogP contribution in [0.4, 0.5) is 0 Å². The van der Waals surface area contributed by atoms with E-state index in [0.29, 0.717) is 18.3 Å². The first kappa shape index (κ1) is 18.9. The molecule has 0 aromatic heterocycles. The second-order valence-corrected chi connectivity index (χ2v) is 7.52. The van der Waals surface area contributed by atoms with Crippen LogP contribution in [0, 0.1) is 0 Å². The van der Waals surface area contributed by atoms with E-state index in [1.54, 1.807) is 0 Å². The summed E-state index contributed by atoms with van der Waals surface area (Å²) in [6, 6.07) is 10.2. The van der Waals surface area contributed by atoms with Crippen LogP contribution in [-0.4, -0.2) is 71.5 Å². The van der Waals surface area contributed by atoms with Crippen molar-refractivity contribution >= 4 is 16.8 Å². The Balaban J connectivity index is 1.80. The van der Waals surface area contributed by atoms with Crippen LogP contribution in [0.3, 0.4) is 0 Å². The summed E-state index contributed by atoms with van der Waals surface area (Å²) in [5, 5.41) is 3.37. The number of hydrogen-bond acceptors (Lipinski definition) is 3. The molecule has 0 amide bonds. The van der Waals surface area contributed by atoms with Crippen molar-refractivity contribution < 1.29 is 4.21 Å². The largest absolute Gasteiger partial charge is 0.355 e. The van der Waals surface area contributed by atoms with Gasteiger partial charge in [0.25, 0.3) is 0 Å². The molecule has 1 aromatic carbocycles. The van der Waals surface area contributed by atoms with E-state index in [1.807, 2.05) is 37.4 Å². The molecular weight excluding hydrogens is 320 g/mol. The first-order valence-corrected chi connectivity index (χ1v) is 10.1. The van der Waals surface area contributed by atoms with E-state index in [9.17, 15) is 4.21 Å². The number of hydrogen-bond donors (Lipinski definition) is 1. The molecule has 6 heteroatoms. The van der Waals surface area contributed by atoms with Gasteiger partial charge in [0.05, 0.1) is 10.8 Å². The van der Waals surface area contributed by atoms with E-state index in [1.165, 1.54) is 6.42 Å². The van der Waals surface area contributed by atoms with Crippen molar-refractivity contribution in [3.05, 3.63) is 30.3 Å². The topological polar surface area (TPSA) is 47.9 Å². The summed E-state index contributed by atoms with van der Waals surface area (Å²) in [6.45, 7) is 9.34. The van der Waals surface area contributed by atoms with E-state index in [2.05, 4.69) is 34.0 Å². The standard InChI is InChI=1S/C18H30N4OS/c1-4-21(5-2)16-11-13-22(15-16)18(19-3)20-12-14-24(23)17-9-7-6-8-10-17/h6-10,16H,4-5,11-15H2,1-3H3,(H,19,20). The highest BCUT2D eigenvalue weighted by atomic mass is 32.2. The van der Waals surface area contributed by atoms with E-state index in [4.69, 9.17) is 0 Å². The zero-order chi connectivity index (χ0) is 17.4. The Hall–Kier alpha value is -1.40. The first-order chi connectivity index (χ1) is 11.7. The molecule has 1 saturated heterocycles. The molecule has 2 unspecified atom stereocenters. The number of aliphatic imine (C=N–C) groups is 1. The van der Waals surface area contributed by atoms with Gasteiger partial charge in [-0.15, -0.1) is 0 Å². The zero-order valence-electron chi connectivity index (χ0n) is 15.1. The minimum absolute atomic E-state index is 0.594. The van der Waals surface area contributed by atoms with Gasteiger partial charge in [0.2, 0.25) is 0 Å². The third-order valence-electron chi connectivity index (χ3n) is 4.58. The van der Waals surface area contributed by atoms with Gasteiger partial charge in [0.15, 0.2) is 5.96 Å². The van der Waals surface area contributed by atoms with Gasteiger partial charge in [-0.25, -0.2) is 0 Å². The SMILES string of the molecule is CCN(CC)C1CCN(C(=NC)NCCS(=O)c2ccccc2)C1. The molecule has 134 valence electrons. The lowest BCUT2D eigenvalue weighted by molar-refractivity contribution is 0.223. The average Bonchev–Trinajstić information content (AvgIpc) is 3.10. The molecule has 5 nitrogen and oxygen atoms in total. The molecule has 1 aliphatic heterocycles. The van der Waals surface area contributed by atoms with Crippen molar-refractivity contribution in [2.45, 2.75) is 31.2 Å². The Bertz CT molecular complexity index is 545. The van der Waals surface area contributed by atoms with Gasteiger partial charge in [-0.05, 0) is 31.6 Å². The Morgan fingerprint density at radius 2 is 2.04 bits per heavy atom. The normalized spacial score (nSPS) is 19.8. The average molecular weight is 351 g/mol. The predicted octanol–water partition coefficient (Wildman–Crippen LogP) is 1.79. The molecule has 1 fully saturated rings. The van der Waals surface area contributed by atoms with Crippen molar-refractivity contribution in [1.29, 1.82) is 0 Å². The third kappa shape index (κ3) is 5.05. The van der Waals surface area contributed by atoms with Crippen LogP contribution in [0.15, 0.2) is 40.2 Å². The van der Waals surface area contributed by atoms with Crippen LogP contribution < -0.4 is 5.32 Å². The van der Waals surface area contributed by atoms with Gasteiger partial charge in [-0.2, -0.15) is 0 Å². The van der Waals surface area contributed by atoms with Crippen LogP contribution in [0.25, 0.3) is 0 Å². The van der Waals surface area contributed by atoms with Crippen molar-refractivity contribution in [3.8, 4) is 0 Å². The molecule has 0 radical (unpaired) electrons.